The molecule has 0 amide bonds. The summed E-state index contributed by atoms with van der Waals surface area (Å²) in [6, 6.07) is 38.0. The van der Waals surface area contributed by atoms with E-state index in [4.69, 9.17) is 9.47 Å². The Bertz CT molecular complexity index is 1180. The van der Waals surface area contributed by atoms with Crippen LogP contribution in [0.1, 0.15) is 60.1 Å². The third-order valence-electron chi connectivity index (χ3n) is 7.54. The van der Waals surface area contributed by atoms with Crippen LogP contribution in [0.15, 0.2) is 121 Å². The van der Waals surface area contributed by atoms with Gasteiger partial charge in [0.15, 0.2) is 18.1 Å². The van der Waals surface area contributed by atoms with E-state index in [0.717, 1.165) is 28.7 Å². The molecule has 0 saturated heterocycles. The Morgan fingerprint density at radius 2 is 0.925 bits per heavy atom. The minimum Gasteiger partial charge on any atom is -0.452 e. The molecular formula is C35H34O5. The first-order valence-corrected chi connectivity index (χ1v) is 13.9. The number of aliphatic hydroxyl groups is 1. The third-order valence-corrected chi connectivity index (χ3v) is 7.54. The van der Waals surface area contributed by atoms with Gasteiger partial charge >= 0.3 is 11.9 Å². The van der Waals surface area contributed by atoms with Gasteiger partial charge in [0.25, 0.3) is 0 Å². The number of aliphatic hydroxyl groups excluding tert-OH is 1. The molecule has 5 rings (SSSR count). The summed E-state index contributed by atoms with van der Waals surface area (Å²) in [5, 5.41) is 10.5. The fraction of sp³-hybridized carbons (Fsp3) is 0.257. The molecule has 4 aromatic carbocycles. The number of esters is 2. The van der Waals surface area contributed by atoms with Gasteiger partial charge in [-0.3, -0.25) is 9.59 Å². The average Bonchev–Trinajstić information content (AvgIpc) is 3.00. The van der Waals surface area contributed by atoms with Gasteiger partial charge in [-0.15, -0.1) is 0 Å². The van der Waals surface area contributed by atoms with Crippen molar-refractivity contribution in [3.05, 3.63) is 144 Å². The van der Waals surface area contributed by atoms with Crippen LogP contribution < -0.4 is 0 Å². The summed E-state index contributed by atoms with van der Waals surface area (Å²) < 4.78 is 12.3. The summed E-state index contributed by atoms with van der Waals surface area (Å²) in [7, 11) is 0. The summed E-state index contributed by atoms with van der Waals surface area (Å²) in [4.78, 5) is 28.0. The highest BCUT2D eigenvalue weighted by atomic mass is 16.6. The third kappa shape index (κ3) is 6.67. The van der Waals surface area contributed by atoms with Crippen molar-refractivity contribution in [1.29, 1.82) is 0 Å². The van der Waals surface area contributed by atoms with E-state index in [-0.39, 0.29) is 5.92 Å². The topological polar surface area (TPSA) is 72.8 Å². The van der Waals surface area contributed by atoms with Gasteiger partial charge in [0.2, 0.25) is 0 Å². The fourth-order valence-electron chi connectivity index (χ4n) is 5.53. The second-order valence-electron chi connectivity index (χ2n) is 10.3. The van der Waals surface area contributed by atoms with E-state index >= 15 is 0 Å². The number of carbonyl (C=O) groups is 2. The number of hydrogen-bond acceptors (Lipinski definition) is 5. The maximum absolute atomic E-state index is 14.0. The molecule has 0 aliphatic heterocycles. The molecule has 2 unspecified atom stereocenters. The smallest absolute Gasteiger partial charge is 0.321 e. The van der Waals surface area contributed by atoms with Crippen molar-refractivity contribution in [2.45, 2.75) is 44.0 Å². The van der Waals surface area contributed by atoms with Crippen molar-refractivity contribution >= 4 is 11.9 Å². The van der Waals surface area contributed by atoms with Crippen LogP contribution in [-0.4, -0.2) is 23.1 Å². The van der Waals surface area contributed by atoms with Gasteiger partial charge in [0.05, 0.1) is 6.10 Å². The Labute approximate surface area is 235 Å². The molecule has 2 atom stereocenters. The van der Waals surface area contributed by atoms with Gasteiger partial charge in [-0.05, 0) is 47.4 Å². The Morgan fingerprint density at radius 1 is 0.575 bits per heavy atom. The first kappa shape index (κ1) is 27.4. The van der Waals surface area contributed by atoms with Crippen molar-refractivity contribution in [1.82, 2.24) is 0 Å². The van der Waals surface area contributed by atoms with Crippen LogP contribution in [0.5, 0.6) is 0 Å². The molecule has 1 saturated carbocycles. The lowest BCUT2D eigenvalue weighted by atomic mass is 9.78. The van der Waals surface area contributed by atoms with Crippen LogP contribution >= 0.6 is 0 Å². The van der Waals surface area contributed by atoms with E-state index in [1.54, 1.807) is 0 Å². The Morgan fingerprint density at radius 3 is 1.25 bits per heavy atom. The predicted molar refractivity (Wildman–Crippen MR) is 153 cm³/mol. The maximum atomic E-state index is 14.0. The summed E-state index contributed by atoms with van der Waals surface area (Å²) in [6.45, 7) is 0. The highest BCUT2D eigenvalue weighted by Gasteiger charge is 2.42. The quantitative estimate of drug-likeness (QED) is 0.188. The van der Waals surface area contributed by atoms with Crippen molar-refractivity contribution < 1.29 is 24.2 Å². The molecule has 0 spiro atoms. The van der Waals surface area contributed by atoms with Gasteiger partial charge in [-0.25, -0.2) is 0 Å². The van der Waals surface area contributed by atoms with Gasteiger partial charge in [0.1, 0.15) is 0 Å². The number of hydrogen-bond donors (Lipinski definition) is 1. The number of benzene rings is 4. The van der Waals surface area contributed by atoms with Crippen molar-refractivity contribution in [2.24, 2.45) is 11.8 Å². The lowest BCUT2D eigenvalue weighted by molar-refractivity contribution is -0.170. The minimum atomic E-state index is -1.17. The largest absolute Gasteiger partial charge is 0.452 e. The zero-order valence-corrected chi connectivity index (χ0v) is 22.3. The van der Waals surface area contributed by atoms with Crippen molar-refractivity contribution in [3.63, 3.8) is 0 Å². The molecule has 0 radical (unpaired) electrons. The second kappa shape index (κ2) is 13.2. The van der Waals surface area contributed by atoms with Crippen LogP contribution in [0, 0.1) is 11.8 Å². The molecule has 204 valence electrons. The molecule has 1 N–H and O–H groups in total. The van der Waals surface area contributed by atoms with Gasteiger partial charge < -0.3 is 14.6 Å². The van der Waals surface area contributed by atoms with Crippen LogP contribution in [0.3, 0.4) is 0 Å². The van der Waals surface area contributed by atoms with Gasteiger partial charge in [0, 0.05) is 0 Å². The van der Waals surface area contributed by atoms with Gasteiger partial charge in [-0.2, -0.15) is 0 Å². The molecule has 0 aromatic heterocycles. The monoisotopic (exact) mass is 534 g/mol. The number of rotatable bonds is 9. The number of ether oxygens (including phenoxy) is 2. The van der Waals surface area contributed by atoms with Crippen LogP contribution in [0.25, 0.3) is 0 Å². The summed E-state index contributed by atoms with van der Waals surface area (Å²) in [5.74, 6) is -2.83. The van der Waals surface area contributed by atoms with E-state index < -0.39 is 36.2 Å². The van der Waals surface area contributed by atoms with E-state index in [9.17, 15) is 14.7 Å². The van der Waals surface area contributed by atoms with Crippen LogP contribution in [0.4, 0.5) is 0 Å². The van der Waals surface area contributed by atoms with Crippen LogP contribution in [0.2, 0.25) is 0 Å². The lowest BCUT2D eigenvalue weighted by Gasteiger charge is -2.32. The first-order chi connectivity index (χ1) is 19.6. The molecular weight excluding hydrogens is 500 g/mol. The number of carbonyl (C=O) groups excluding carboxylic acids is 2. The average molecular weight is 535 g/mol. The highest BCUT2D eigenvalue weighted by molar-refractivity contribution is 5.95. The summed E-state index contributed by atoms with van der Waals surface area (Å²) in [5.41, 5.74) is 3.24. The highest BCUT2D eigenvalue weighted by Crippen LogP contribution is 2.36. The zero-order valence-electron chi connectivity index (χ0n) is 22.3. The fourth-order valence-corrected chi connectivity index (χ4v) is 5.53. The van der Waals surface area contributed by atoms with Crippen molar-refractivity contribution in [2.75, 3.05) is 0 Å². The van der Waals surface area contributed by atoms with E-state index in [0.29, 0.717) is 19.3 Å². The lowest BCUT2D eigenvalue weighted by Crippen LogP contribution is -2.39. The summed E-state index contributed by atoms with van der Waals surface area (Å²) in [6.07, 6.45) is 0.424. The normalized spacial score (nSPS) is 17.1. The summed E-state index contributed by atoms with van der Waals surface area (Å²) >= 11 is 0. The molecule has 40 heavy (non-hydrogen) atoms. The minimum absolute atomic E-state index is 0.345. The molecule has 1 aliphatic carbocycles. The predicted octanol–water partition coefficient (Wildman–Crippen LogP) is 6.82. The Balaban J connectivity index is 1.47. The molecule has 5 heteroatoms. The van der Waals surface area contributed by atoms with Gasteiger partial charge in [-0.1, -0.05) is 128 Å². The second-order valence-corrected chi connectivity index (χ2v) is 10.3. The van der Waals surface area contributed by atoms with E-state index in [2.05, 4.69) is 0 Å². The molecule has 0 heterocycles. The maximum Gasteiger partial charge on any atom is 0.321 e. The van der Waals surface area contributed by atoms with Crippen molar-refractivity contribution in [3.8, 4) is 0 Å². The van der Waals surface area contributed by atoms with E-state index in [1.165, 1.54) is 0 Å². The molecule has 4 aromatic rings. The standard InChI is InChI=1S/C35H34O5/c36-30-23-13-22-29(24-30)31(34(37)39-32(25-14-5-1-6-15-25)26-16-7-2-8-17-26)35(38)40-33(27-18-9-3-10-19-27)28-20-11-4-12-21-28/h1-12,14-21,29-33,36H,13,22-24H2. The first-order valence-electron chi connectivity index (χ1n) is 13.9. The molecule has 1 aliphatic rings. The Kier molecular flexibility index (Phi) is 9.04. The zero-order chi connectivity index (χ0) is 27.7. The Hall–Kier alpha value is -4.22. The van der Waals surface area contributed by atoms with E-state index in [1.807, 2.05) is 121 Å². The SMILES string of the molecule is O=C(OC(c1ccccc1)c1ccccc1)C(C(=O)OC(c1ccccc1)c1ccccc1)C1CCCC(O)C1. The molecule has 5 nitrogen and oxygen atoms in total. The molecule has 0 bridgehead atoms. The van der Waals surface area contributed by atoms with Crippen LogP contribution in [-0.2, 0) is 19.1 Å². The molecule has 1 fully saturated rings.